The van der Waals surface area contributed by atoms with Gasteiger partial charge in [0.1, 0.15) is 17.3 Å². The molecule has 2 aliphatic heterocycles. The molecule has 5 nitrogen and oxygen atoms in total. The molecule has 1 saturated heterocycles. The number of hydrogen-bond acceptors (Lipinski definition) is 5. The SMILES string of the molecule is COC(OC)C1CCN(c2ccc(C3c4ccc(Oc5ccccc5)cc4COC3c3ccc(F)cc3)cc2)CC1. The normalized spacial score (nSPS) is 19.3. The second-order valence-corrected chi connectivity index (χ2v) is 10.8. The number of halogens is 1. The number of rotatable bonds is 8. The number of anilines is 1. The number of fused-ring (bicyclic) bond motifs is 1. The third kappa shape index (κ3) is 6.01. The van der Waals surface area contributed by atoms with Crippen molar-refractivity contribution >= 4 is 5.69 Å². The topological polar surface area (TPSA) is 40.2 Å². The van der Waals surface area contributed by atoms with Crippen LogP contribution >= 0.6 is 0 Å². The number of ether oxygens (including phenoxy) is 4. The molecule has 0 bridgehead atoms. The molecule has 0 aromatic heterocycles. The minimum absolute atomic E-state index is 0.0427. The third-order valence-corrected chi connectivity index (χ3v) is 8.35. The second kappa shape index (κ2) is 12.4. The molecule has 2 aliphatic rings. The highest BCUT2D eigenvalue weighted by molar-refractivity contribution is 5.52. The van der Waals surface area contributed by atoms with Crippen LogP contribution in [0.3, 0.4) is 0 Å². The maximum atomic E-state index is 13.8. The molecule has 4 aromatic carbocycles. The van der Waals surface area contributed by atoms with Gasteiger partial charge in [0.2, 0.25) is 0 Å². The molecule has 212 valence electrons. The predicted octanol–water partition coefficient (Wildman–Crippen LogP) is 7.86. The van der Waals surface area contributed by atoms with Crippen LogP contribution in [0.5, 0.6) is 11.5 Å². The second-order valence-electron chi connectivity index (χ2n) is 10.8. The highest BCUT2D eigenvalue weighted by atomic mass is 19.1. The lowest BCUT2D eigenvalue weighted by Crippen LogP contribution is -2.39. The van der Waals surface area contributed by atoms with E-state index in [1.807, 2.05) is 48.5 Å². The molecule has 41 heavy (non-hydrogen) atoms. The fourth-order valence-electron chi connectivity index (χ4n) is 6.24. The molecule has 0 aliphatic carbocycles. The summed E-state index contributed by atoms with van der Waals surface area (Å²) in [5.41, 5.74) is 5.63. The highest BCUT2D eigenvalue weighted by Crippen LogP contribution is 2.46. The fourth-order valence-corrected chi connectivity index (χ4v) is 6.24. The molecule has 2 heterocycles. The van der Waals surface area contributed by atoms with Gasteiger partial charge in [-0.05, 0) is 83.6 Å². The molecule has 0 N–H and O–H groups in total. The van der Waals surface area contributed by atoms with Crippen LogP contribution in [0.25, 0.3) is 0 Å². The summed E-state index contributed by atoms with van der Waals surface area (Å²) >= 11 is 0. The Morgan fingerprint density at radius 3 is 2.15 bits per heavy atom. The van der Waals surface area contributed by atoms with Gasteiger partial charge in [0, 0.05) is 44.8 Å². The average Bonchev–Trinajstić information content (AvgIpc) is 3.02. The molecule has 1 fully saturated rings. The molecule has 6 rings (SSSR count). The van der Waals surface area contributed by atoms with E-state index in [1.165, 1.54) is 23.4 Å². The monoisotopic (exact) mass is 553 g/mol. The van der Waals surface area contributed by atoms with E-state index in [2.05, 4.69) is 41.3 Å². The van der Waals surface area contributed by atoms with E-state index in [0.29, 0.717) is 12.5 Å². The molecular formula is C35H36FNO4. The van der Waals surface area contributed by atoms with Crippen molar-refractivity contribution < 1.29 is 23.3 Å². The van der Waals surface area contributed by atoms with Crippen LogP contribution < -0.4 is 9.64 Å². The Labute approximate surface area is 241 Å². The zero-order valence-electron chi connectivity index (χ0n) is 23.5. The van der Waals surface area contributed by atoms with Crippen molar-refractivity contribution in [3.8, 4) is 11.5 Å². The van der Waals surface area contributed by atoms with E-state index >= 15 is 0 Å². The van der Waals surface area contributed by atoms with Crippen LogP contribution in [-0.2, 0) is 20.8 Å². The molecular weight excluding hydrogens is 517 g/mol. The lowest BCUT2D eigenvalue weighted by molar-refractivity contribution is -0.141. The Hall–Kier alpha value is -3.71. The molecule has 6 heteroatoms. The fraction of sp³-hybridized carbons (Fsp3) is 0.314. The number of hydrogen-bond donors (Lipinski definition) is 0. The maximum Gasteiger partial charge on any atom is 0.159 e. The van der Waals surface area contributed by atoms with Crippen molar-refractivity contribution in [1.29, 1.82) is 0 Å². The summed E-state index contributed by atoms with van der Waals surface area (Å²) < 4.78 is 37.4. The van der Waals surface area contributed by atoms with Gasteiger partial charge in [-0.3, -0.25) is 0 Å². The molecule has 0 amide bonds. The van der Waals surface area contributed by atoms with E-state index in [9.17, 15) is 4.39 Å². The summed E-state index contributed by atoms with van der Waals surface area (Å²) in [7, 11) is 3.42. The number of para-hydroxylation sites is 1. The quantitative estimate of drug-likeness (QED) is 0.208. The summed E-state index contributed by atoms with van der Waals surface area (Å²) in [4.78, 5) is 2.43. The van der Waals surface area contributed by atoms with Crippen molar-refractivity contribution in [3.63, 3.8) is 0 Å². The summed E-state index contributed by atoms with van der Waals surface area (Å²) in [6.07, 6.45) is 1.68. The van der Waals surface area contributed by atoms with E-state index in [1.54, 1.807) is 14.2 Å². The smallest absolute Gasteiger partial charge is 0.159 e. The summed E-state index contributed by atoms with van der Waals surface area (Å²) in [6, 6.07) is 31.5. The van der Waals surface area contributed by atoms with Crippen LogP contribution in [0.1, 0.15) is 47.1 Å². The molecule has 0 saturated carbocycles. The first-order chi connectivity index (χ1) is 20.1. The Balaban J connectivity index is 1.27. The number of piperidine rings is 1. The molecule has 4 aromatic rings. The van der Waals surface area contributed by atoms with Crippen LogP contribution in [0.4, 0.5) is 10.1 Å². The molecule has 0 radical (unpaired) electrons. The lowest BCUT2D eigenvalue weighted by atomic mass is 9.79. The first-order valence-corrected chi connectivity index (χ1v) is 14.3. The van der Waals surface area contributed by atoms with Gasteiger partial charge in [0.15, 0.2) is 6.29 Å². The van der Waals surface area contributed by atoms with E-state index < -0.39 is 0 Å². The lowest BCUT2D eigenvalue weighted by Gasteiger charge is -2.37. The first-order valence-electron chi connectivity index (χ1n) is 14.3. The number of benzene rings is 4. The van der Waals surface area contributed by atoms with Gasteiger partial charge in [0.05, 0.1) is 12.7 Å². The highest BCUT2D eigenvalue weighted by Gasteiger charge is 2.34. The summed E-state index contributed by atoms with van der Waals surface area (Å²) in [6.45, 7) is 2.38. The Kier molecular flexibility index (Phi) is 8.33. The Morgan fingerprint density at radius 1 is 0.780 bits per heavy atom. The third-order valence-electron chi connectivity index (χ3n) is 8.35. The first kappa shape index (κ1) is 27.5. The summed E-state index contributed by atoms with van der Waals surface area (Å²) in [5, 5.41) is 0. The van der Waals surface area contributed by atoms with Gasteiger partial charge in [0.25, 0.3) is 0 Å². The van der Waals surface area contributed by atoms with Crippen molar-refractivity contribution in [3.05, 3.63) is 125 Å². The van der Waals surface area contributed by atoms with Crippen molar-refractivity contribution in [1.82, 2.24) is 0 Å². The van der Waals surface area contributed by atoms with Crippen LogP contribution in [0.15, 0.2) is 97.1 Å². The maximum absolute atomic E-state index is 13.8. The van der Waals surface area contributed by atoms with Crippen molar-refractivity contribution in [2.75, 3.05) is 32.2 Å². The van der Waals surface area contributed by atoms with Gasteiger partial charge >= 0.3 is 0 Å². The molecule has 0 spiro atoms. The van der Waals surface area contributed by atoms with E-state index in [-0.39, 0.29) is 24.1 Å². The van der Waals surface area contributed by atoms with Crippen molar-refractivity contribution in [2.24, 2.45) is 5.92 Å². The molecule has 2 atom stereocenters. The van der Waals surface area contributed by atoms with Gasteiger partial charge in [-0.25, -0.2) is 4.39 Å². The number of methoxy groups -OCH3 is 2. The number of nitrogens with zero attached hydrogens (tertiary/aromatic N) is 1. The van der Waals surface area contributed by atoms with Crippen LogP contribution in [0.2, 0.25) is 0 Å². The Morgan fingerprint density at radius 2 is 1.46 bits per heavy atom. The van der Waals surface area contributed by atoms with Crippen LogP contribution in [-0.4, -0.2) is 33.6 Å². The summed E-state index contributed by atoms with van der Waals surface area (Å²) in [5.74, 6) is 1.69. The minimum Gasteiger partial charge on any atom is -0.457 e. The van der Waals surface area contributed by atoms with Gasteiger partial charge in [-0.2, -0.15) is 0 Å². The Bertz CT molecular complexity index is 1420. The van der Waals surface area contributed by atoms with Gasteiger partial charge in [-0.1, -0.05) is 48.5 Å². The van der Waals surface area contributed by atoms with Gasteiger partial charge < -0.3 is 23.8 Å². The largest absolute Gasteiger partial charge is 0.457 e. The molecule has 2 unspecified atom stereocenters. The van der Waals surface area contributed by atoms with Crippen LogP contribution in [0, 0.1) is 11.7 Å². The van der Waals surface area contributed by atoms with E-state index in [0.717, 1.165) is 54.1 Å². The van der Waals surface area contributed by atoms with E-state index in [4.69, 9.17) is 18.9 Å². The minimum atomic E-state index is -0.250. The zero-order valence-corrected chi connectivity index (χ0v) is 23.5. The zero-order chi connectivity index (χ0) is 28.2. The van der Waals surface area contributed by atoms with Gasteiger partial charge in [-0.15, -0.1) is 0 Å². The van der Waals surface area contributed by atoms with Crippen molar-refractivity contribution in [2.45, 2.75) is 37.8 Å². The standard InChI is InChI=1S/C35H36FNO4/c1-38-35(39-2)26-18-20-37(21-19-26)29-14-10-24(11-15-29)33-32-17-16-31(41-30-6-4-3-5-7-30)22-27(32)23-40-34(33)25-8-12-28(36)13-9-25/h3-17,22,26,33-35H,18-21,23H2,1-2H3. The average molecular weight is 554 g/mol. The predicted molar refractivity (Wildman–Crippen MR) is 158 cm³/mol.